The number of para-hydroxylation sites is 1. The molecule has 5 rings (SSSR count). The predicted octanol–water partition coefficient (Wildman–Crippen LogP) is 5.73. The van der Waals surface area contributed by atoms with Gasteiger partial charge in [-0.15, -0.1) is 0 Å². The quantitative estimate of drug-likeness (QED) is 0.108. The Morgan fingerprint density at radius 3 is 2.05 bits per heavy atom. The Morgan fingerprint density at radius 1 is 0.750 bits per heavy atom. The molecular formula is C32H26N4O4. The van der Waals surface area contributed by atoms with Crippen molar-refractivity contribution in [2.75, 3.05) is 17.2 Å². The molecular weight excluding hydrogens is 504 g/mol. The topological polar surface area (TPSA) is 109 Å². The molecule has 5 aromatic carbocycles. The lowest BCUT2D eigenvalue weighted by molar-refractivity contribution is -0.136. The highest BCUT2D eigenvalue weighted by Gasteiger charge is 2.18. The Kier molecular flexibility index (Phi) is 7.78. The van der Waals surface area contributed by atoms with Crippen molar-refractivity contribution in [3.05, 3.63) is 114 Å². The van der Waals surface area contributed by atoms with Gasteiger partial charge in [-0.3, -0.25) is 14.4 Å². The first kappa shape index (κ1) is 26.1. The van der Waals surface area contributed by atoms with Gasteiger partial charge in [0.15, 0.2) is 0 Å². The zero-order valence-corrected chi connectivity index (χ0v) is 21.7. The summed E-state index contributed by atoms with van der Waals surface area (Å²) in [5.74, 6) is -1.68. The normalized spacial score (nSPS) is 10.9. The van der Waals surface area contributed by atoms with E-state index in [2.05, 4.69) is 27.2 Å². The minimum atomic E-state index is -0.970. The average molecular weight is 531 g/mol. The fraction of sp³-hybridized carbons (Fsp3) is 0.0625. The molecule has 40 heavy (non-hydrogen) atoms. The number of anilines is 2. The minimum absolute atomic E-state index is 0.190. The van der Waals surface area contributed by atoms with E-state index in [0.717, 1.165) is 27.1 Å². The molecule has 5 aromatic rings. The molecule has 3 N–H and O–H groups in total. The van der Waals surface area contributed by atoms with E-state index in [1.165, 1.54) is 6.21 Å². The summed E-state index contributed by atoms with van der Waals surface area (Å²) in [4.78, 5) is 38.2. The number of hydrogen-bond donors (Lipinski definition) is 3. The predicted molar refractivity (Wildman–Crippen MR) is 158 cm³/mol. The number of carbonyl (C=O) groups is 3. The minimum Gasteiger partial charge on any atom is -0.494 e. The SMILES string of the molecule is CCOc1ccc(NC(=O)c2ccccc2NC(=O)C(=O)N/N=C\c2c3ccccc3cc3ccccc23)cc1. The number of hydrogen-bond acceptors (Lipinski definition) is 5. The summed E-state index contributed by atoms with van der Waals surface area (Å²) in [7, 11) is 0. The third kappa shape index (κ3) is 5.81. The smallest absolute Gasteiger partial charge is 0.329 e. The molecule has 0 fully saturated rings. The van der Waals surface area contributed by atoms with Gasteiger partial charge in [0.1, 0.15) is 5.75 Å². The van der Waals surface area contributed by atoms with Crippen LogP contribution in [0, 0.1) is 0 Å². The number of nitrogens with one attached hydrogen (secondary N) is 3. The summed E-state index contributed by atoms with van der Waals surface area (Å²) in [6.45, 7) is 2.43. The second kappa shape index (κ2) is 11.9. The van der Waals surface area contributed by atoms with Gasteiger partial charge in [0, 0.05) is 11.3 Å². The Hall–Kier alpha value is -5.50. The van der Waals surface area contributed by atoms with E-state index in [-0.39, 0.29) is 11.3 Å². The molecule has 0 radical (unpaired) electrons. The van der Waals surface area contributed by atoms with Gasteiger partial charge in [-0.2, -0.15) is 5.10 Å². The number of amides is 3. The molecule has 0 heterocycles. The van der Waals surface area contributed by atoms with Crippen LogP contribution in [0.1, 0.15) is 22.8 Å². The van der Waals surface area contributed by atoms with Crippen molar-refractivity contribution in [3.8, 4) is 5.75 Å². The van der Waals surface area contributed by atoms with Crippen LogP contribution < -0.4 is 20.8 Å². The molecule has 0 spiro atoms. The number of hydrazone groups is 1. The molecule has 0 unspecified atom stereocenters. The van der Waals surface area contributed by atoms with E-state index in [1.54, 1.807) is 48.5 Å². The summed E-state index contributed by atoms with van der Waals surface area (Å²) >= 11 is 0. The molecule has 198 valence electrons. The van der Waals surface area contributed by atoms with Crippen LogP contribution in [-0.2, 0) is 9.59 Å². The zero-order chi connectivity index (χ0) is 27.9. The van der Waals surface area contributed by atoms with Gasteiger partial charge in [-0.05, 0) is 70.9 Å². The Labute approximate surface area is 230 Å². The molecule has 0 atom stereocenters. The highest BCUT2D eigenvalue weighted by molar-refractivity contribution is 6.40. The highest BCUT2D eigenvalue weighted by Crippen LogP contribution is 2.27. The molecule has 0 saturated carbocycles. The number of ether oxygens (including phenoxy) is 1. The van der Waals surface area contributed by atoms with Gasteiger partial charge in [-0.1, -0.05) is 60.7 Å². The number of rotatable bonds is 7. The summed E-state index contributed by atoms with van der Waals surface area (Å²) in [5, 5.41) is 13.4. The highest BCUT2D eigenvalue weighted by atomic mass is 16.5. The van der Waals surface area contributed by atoms with Gasteiger partial charge in [-0.25, -0.2) is 5.43 Å². The van der Waals surface area contributed by atoms with E-state index < -0.39 is 17.7 Å². The largest absolute Gasteiger partial charge is 0.494 e. The Morgan fingerprint density at radius 2 is 1.38 bits per heavy atom. The van der Waals surface area contributed by atoms with E-state index in [9.17, 15) is 14.4 Å². The molecule has 3 amide bonds. The molecule has 0 saturated heterocycles. The maximum Gasteiger partial charge on any atom is 0.329 e. The molecule has 0 aromatic heterocycles. The second-order valence-electron chi connectivity index (χ2n) is 8.84. The van der Waals surface area contributed by atoms with Crippen LogP contribution in [0.25, 0.3) is 21.5 Å². The van der Waals surface area contributed by atoms with Crippen molar-refractivity contribution in [1.82, 2.24) is 5.43 Å². The van der Waals surface area contributed by atoms with Crippen molar-refractivity contribution >= 4 is 56.9 Å². The molecule has 0 aliphatic heterocycles. The summed E-state index contributed by atoms with van der Waals surface area (Å²) < 4.78 is 5.42. The average Bonchev–Trinajstić information content (AvgIpc) is 2.98. The standard InChI is InChI=1S/C32H26N4O4/c1-2-40-24-17-15-23(16-18-24)34-30(37)27-13-7-8-14-29(27)35-31(38)32(39)36-33-20-28-25-11-5-3-9-21(25)19-22-10-4-6-12-26(22)28/h3-20H,2H2,1H3,(H,34,37)(H,35,38)(H,36,39)/b33-20-. The molecule has 8 nitrogen and oxygen atoms in total. The maximum absolute atomic E-state index is 12.9. The summed E-state index contributed by atoms with van der Waals surface area (Å²) in [5.41, 5.74) is 4.06. The van der Waals surface area contributed by atoms with Gasteiger partial charge >= 0.3 is 11.8 Å². The van der Waals surface area contributed by atoms with Crippen molar-refractivity contribution in [1.29, 1.82) is 0 Å². The van der Waals surface area contributed by atoms with Crippen LogP contribution in [0.5, 0.6) is 5.75 Å². The summed E-state index contributed by atoms with van der Waals surface area (Å²) in [6, 6.07) is 31.2. The first-order chi connectivity index (χ1) is 19.5. The van der Waals surface area contributed by atoms with E-state index in [0.29, 0.717) is 18.0 Å². The first-order valence-corrected chi connectivity index (χ1v) is 12.7. The number of carbonyl (C=O) groups excluding carboxylic acids is 3. The van der Waals surface area contributed by atoms with Crippen molar-refractivity contribution in [3.63, 3.8) is 0 Å². The monoisotopic (exact) mass is 530 g/mol. The van der Waals surface area contributed by atoms with Crippen LogP contribution in [0.4, 0.5) is 11.4 Å². The molecule has 0 bridgehead atoms. The summed E-state index contributed by atoms with van der Waals surface area (Å²) in [6.07, 6.45) is 1.54. The lowest BCUT2D eigenvalue weighted by Crippen LogP contribution is -2.33. The number of fused-ring (bicyclic) bond motifs is 2. The second-order valence-corrected chi connectivity index (χ2v) is 8.84. The lowest BCUT2D eigenvalue weighted by Gasteiger charge is -2.11. The van der Waals surface area contributed by atoms with Crippen LogP contribution in [0.15, 0.2) is 108 Å². The number of nitrogens with zero attached hydrogens (tertiary/aromatic N) is 1. The Balaban J connectivity index is 1.28. The molecule has 0 aliphatic rings. The van der Waals surface area contributed by atoms with E-state index >= 15 is 0 Å². The van der Waals surface area contributed by atoms with Gasteiger partial charge in [0.05, 0.1) is 24.1 Å². The van der Waals surface area contributed by atoms with Crippen LogP contribution in [0.3, 0.4) is 0 Å². The van der Waals surface area contributed by atoms with E-state index in [1.807, 2.05) is 55.5 Å². The first-order valence-electron chi connectivity index (χ1n) is 12.7. The van der Waals surface area contributed by atoms with Crippen molar-refractivity contribution in [2.45, 2.75) is 6.92 Å². The fourth-order valence-corrected chi connectivity index (χ4v) is 4.36. The Bertz CT molecular complexity index is 1690. The zero-order valence-electron chi connectivity index (χ0n) is 21.7. The van der Waals surface area contributed by atoms with Gasteiger partial charge in [0.2, 0.25) is 0 Å². The third-order valence-electron chi connectivity index (χ3n) is 6.22. The van der Waals surface area contributed by atoms with Gasteiger partial charge < -0.3 is 15.4 Å². The number of benzene rings is 5. The maximum atomic E-state index is 12.9. The van der Waals surface area contributed by atoms with Crippen LogP contribution in [-0.4, -0.2) is 30.5 Å². The lowest BCUT2D eigenvalue weighted by atomic mass is 9.97. The van der Waals surface area contributed by atoms with Crippen molar-refractivity contribution < 1.29 is 19.1 Å². The van der Waals surface area contributed by atoms with E-state index in [4.69, 9.17) is 4.74 Å². The van der Waals surface area contributed by atoms with Gasteiger partial charge in [0.25, 0.3) is 5.91 Å². The van der Waals surface area contributed by atoms with Crippen LogP contribution in [0.2, 0.25) is 0 Å². The fourth-order valence-electron chi connectivity index (χ4n) is 4.36. The van der Waals surface area contributed by atoms with Crippen LogP contribution >= 0.6 is 0 Å². The third-order valence-corrected chi connectivity index (χ3v) is 6.22. The molecule has 8 heteroatoms. The van der Waals surface area contributed by atoms with Crippen molar-refractivity contribution in [2.24, 2.45) is 5.10 Å². The molecule has 0 aliphatic carbocycles.